The molecule has 0 spiro atoms. The van der Waals surface area contributed by atoms with Crippen LogP contribution in [0, 0.1) is 5.92 Å². The van der Waals surface area contributed by atoms with Gasteiger partial charge in [0.2, 0.25) is 0 Å². The SMILES string of the molecule is COCC(=O)N1CCCN(C(C)C)CCN(C(=O)c2cc(CC(C)C)nn2C)Cc2ccccc21. The number of hydrogen-bond acceptors (Lipinski definition) is 5. The van der Waals surface area contributed by atoms with Gasteiger partial charge in [0.25, 0.3) is 11.8 Å². The molecule has 0 bridgehead atoms. The summed E-state index contributed by atoms with van der Waals surface area (Å²) in [5.41, 5.74) is 3.32. The number of nitrogens with zero attached hydrogens (tertiary/aromatic N) is 5. The molecule has 0 fully saturated rings. The Morgan fingerprint density at radius 2 is 1.80 bits per heavy atom. The summed E-state index contributed by atoms with van der Waals surface area (Å²) >= 11 is 0. The van der Waals surface area contributed by atoms with E-state index in [0.29, 0.717) is 37.3 Å². The van der Waals surface area contributed by atoms with Crippen molar-refractivity contribution in [2.24, 2.45) is 13.0 Å². The predicted molar refractivity (Wildman–Crippen MR) is 138 cm³/mol. The minimum atomic E-state index is -0.0712. The fraction of sp³-hybridized carbons (Fsp3) is 0.593. The van der Waals surface area contributed by atoms with Gasteiger partial charge in [0.15, 0.2) is 0 Å². The number of methoxy groups -OCH3 is 1. The number of fused-ring (bicyclic) bond motifs is 1. The van der Waals surface area contributed by atoms with E-state index in [-0.39, 0.29) is 18.4 Å². The number of amides is 2. The van der Waals surface area contributed by atoms with Gasteiger partial charge in [-0.05, 0) is 50.3 Å². The van der Waals surface area contributed by atoms with E-state index in [0.717, 1.165) is 42.9 Å². The second-order valence-electron chi connectivity index (χ2n) is 10.1. The number of benzene rings is 1. The van der Waals surface area contributed by atoms with Gasteiger partial charge in [-0.25, -0.2) is 0 Å². The standard InChI is InChI=1S/C27H41N5O3/c1-20(2)16-23-17-25(29(5)28-23)27(34)31-15-14-30(21(3)4)12-9-13-32(26(33)19-35-6)24-11-8-7-10-22(24)18-31/h7-8,10-11,17,20-21H,9,12-16,18-19H2,1-6H3. The molecule has 0 radical (unpaired) electrons. The van der Waals surface area contributed by atoms with Crippen LogP contribution >= 0.6 is 0 Å². The Bertz CT molecular complexity index is 1000. The molecule has 192 valence electrons. The zero-order valence-corrected chi connectivity index (χ0v) is 22.2. The van der Waals surface area contributed by atoms with Crippen molar-refractivity contribution >= 4 is 17.5 Å². The second-order valence-corrected chi connectivity index (χ2v) is 10.1. The van der Waals surface area contributed by atoms with E-state index in [1.165, 1.54) is 0 Å². The molecule has 0 N–H and O–H groups in total. The van der Waals surface area contributed by atoms with E-state index in [9.17, 15) is 9.59 Å². The first-order chi connectivity index (χ1) is 16.7. The third kappa shape index (κ3) is 6.92. The smallest absolute Gasteiger partial charge is 0.272 e. The van der Waals surface area contributed by atoms with E-state index in [4.69, 9.17) is 4.74 Å². The Morgan fingerprint density at radius 3 is 2.49 bits per heavy atom. The third-order valence-electron chi connectivity index (χ3n) is 6.48. The molecule has 8 nitrogen and oxygen atoms in total. The summed E-state index contributed by atoms with van der Waals surface area (Å²) in [5, 5.41) is 4.59. The number of anilines is 1. The fourth-order valence-corrected chi connectivity index (χ4v) is 4.66. The molecule has 0 saturated heterocycles. The van der Waals surface area contributed by atoms with Crippen molar-refractivity contribution in [2.45, 2.75) is 53.1 Å². The molecule has 1 aromatic carbocycles. The molecule has 3 rings (SSSR count). The van der Waals surface area contributed by atoms with E-state index >= 15 is 0 Å². The number of hydrogen-bond donors (Lipinski definition) is 0. The van der Waals surface area contributed by atoms with Crippen LogP contribution in [-0.4, -0.2) is 77.3 Å². The summed E-state index contributed by atoms with van der Waals surface area (Å²) in [4.78, 5) is 32.9. The highest BCUT2D eigenvalue weighted by Crippen LogP contribution is 2.25. The van der Waals surface area contributed by atoms with Crippen LogP contribution in [0.4, 0.5) is 5.69 Å². The normalized spacial score (nSPS) is 15.9. The van der Waals surface area contributed by atoms with Gasteiger partial charge in [-0.2, -0.15) is 5.10 Å². The number of aryl methyl sites for hydroxylation is 1. The van der Waals surface area contributed by atoms with Gasteiger partial charge in [0.1, 0.15) is 12.3 Å². The van der Waals surface area contributed by atoms with Crippen molar-refractivity contribution in [2.75, 3.05) is 44.8 Å². The maximum atomic E-state index is 13.8. The van der Waals surface area contributed by atoms with Gasteiger partial charge in [0.05, 0.1) is 5.69 Å². The molecule has 1 aliphatic heterocycles. The minimum absolute atomic E-state index is 0.0263. The molecule has 0 aliphatic carbocycles. The maximum Gasteiger partial charge on any atom is 0.272 e. The van der Waals surface area contributed by atoms with Crippen molar-refractivity contribution in [1.29, 1.82) is 0 Å². The Kier molecular flexibility index (Phi) is 9.46. The van der Waals surface area contributed by atoms with Crippen LogP contribution in [0.15, 0.2) is 30.3 Å². The topological polar surface area (TPSA) is 70.9 Å². The minimum Gasteiger partial charge on any atom is -0.375 e. The quantitative estimate of drug-likeness (QED) is 0.630. The molecule has 2 heterocycles. The lowest BCUT2D eigenvalue weighted by molar-refractivity contribution is -0.122. The average Bonchev–Trinajstić information content (AvgIpc) is 3.14. The summed E-state index contributed by atoms with van der Waals surface area (Å²) in [6, 6.07) is 10.1. The predicted octanol–water partition coefficient (Wildman–Crippen LogP) is 3.35. The monoisotopic (exact) mass is 483 g/mol. The number of carbonyl (C=O) groups is 2. The molecular weight excluding hydrogens is 442 g/mol. The lowest BCUT2D eigenvalue weighted by Gasteiger charge is -2.30. The Morgan fingerprint density at radius 1 is 1.06 bits per heavy atom. The molecule has 2 aromatic rings. The third-order valence-corrected chi connectivity index (χ3v) is 6.48. The number of para-hydroxylation sites is 1. The Balaban J connectivity index is 1.99. The van der Waals surface area contributed by atoms with E-state index in [1.54, 1.807) is 11.8 Å². The summed E-state index contributed by atoms with van der Waals surface area (Å²) in [5.74, 6) is 0.355. The summed E-state index contributed by atoms with van der Waals surface area (Å²) in [7, 11) is 3.38. The van der Waals surface area contributed by atoms with Crippen LogP contribution in [-0.2, 0) is 29.5 Å². The molecule has 0 atom stereocenters. The van der Waals surface area contributed by atoms with Crippen molar-refractivity contribution < 1.29 is 14.3 Å². The van der Waals surface area contributed by atoms with Crippen LogP contribution in [0.1, 0.15) is 55.9 Å². The largest absolute Gasteiger partial charge is 0.375 e. The highest BCUT2D eigenvalue weighted by Gasteiger charge is 2.26. The first kappa shape index (κ1) is 26.9. The van der Waals surface area contributed by atoms with E-state index < -0.39 is 0 Å². The Labute approximate surface area is 209 Å². The van der Waals surface area contributed by atoms with Crippen LogP contribution in [0.2, 0.25) is 0 Å². The molecule has 0 unspecified atom stereocenters. The van der Waals surface area contributed by atoms with Gasteiger partial charge < -0.3 is 14.5 Å². The van der Waals surface area contributed by atoms with Gasteiger partial charge in [0, 0.05) is 58.6 Å². The van der Waals surface area contributed by atoms with Crippen LogP contribution < -0.4 is 4.90 Å². The number of ether oxygens (including phenoxy) is 1. The first-order valence-corrected chi connectivity index (χ1v) is 12.6. The molecule has 35 heavy (non-hydrogen) atoms. The van der Waals surface area contributed by atoms with Crippen molar-refractivity contribution in [3.63, 3.8) is 0 Å². The van der Waals surface area contributed by atoms with E-state index in [2.05, 4.69) is 37.7 Å². The van der Waals surface area contributed by atoms with E-state index in [1.807, 2.05) is 47.2 Å². The average molecular weight is 484 g/mol. The number of carbonyl (C=O) groups excluding carboxylic acids is 2. The molecule has 0 saturated carbocycles. The molecule has 8 heteroatoms. The summed E-state index contributed by atoms with van der Waals surface area (Å²) in [6.07, 6.45) is 1.68. The summed E-state index contributed by atoms with van der Waals surface area (Å²) in [6.45, 7) is 11.9. The molecule has 1 aliphatic rings. The number of rotatable bonds is 6. The van der Waals surface area contributed by atoms with Gasteiger partial charge in [-0.3, -0.25) is 19.2 Å². The molecular formula is C27H41N5O3. The highest BCUT2D eigenvalue weighted by atomic mass is 16.5. The van der Waals surface area contributed by atoms with Crippen LogP contribution in [0.25, 0.3) is 0 Å². The first-order valence-electron chi connectivity index (χ1n) is 12.6. The van der Waals surface area contributed by atoms with Crippen molar-refractivity contribution in [3.05, 3.63) is 47.3 Å². The van der Waals surface area contributed by atoms with Gasteiger partial charge in [-0.1, -0.05) is 32.0 Å². The van der Waals surface area contributed by atoms with Crippen molar-refractivity contribution in [1.82, 2.24) is 19.6 Å². The van der Waals surface area contributed by atoms with Crippen molar-refractivity contribution in [3.8, 4) is 0 Å². The lowest BCUT2D eigenvalue weighted by Crippen LogP contribution is -2.42. The Hall–Kier alpha value is -2.71. The van der Waals surface area contributed by atoms with Gasteiger partial charge >= 0.3 is 0 Å². The highest BCUT2D eigenvalue weighted by molar-refractivity contribution is 5.95. The molecule has 1 aromatic heterocycles. The zero-order valence-electron chi connectivity index (χ0n) is 22.2. The lowest BCUT2D eigenvalue weighted by atomic mass is 10.1. The second kappa shape index (κ2) is 12.3. The number of aromatic nitrogens is 2. The van der Waals surface area contributed by atoms with Crippen LogP contribution in [0.3, 0.4) is 0 Å². The molecule has 2 amide bonds. The summed E-state index contributed by atoms with van der Waals surface area (Å²) < 4.78 is 6.87. The van der Waals surface area contributed by atoms with Gasteiger partial charge in [-0.15, -0.1) is 0 Å². The maximum absolute atomic E-state index is 13.8. The fourth-order valence-electron chi connectivity index (χ4n) is 4.66. The zero-order chi connectivity index (χ0) is 25.5. The van der Waals surface area contributed by atoms with Crippen LogP contribution in [0.5, 0.6) is 0 Å².